The Bertz CT molecular complexity index is 4040. The quantitative estimate of drug-likeness (QED) is 0.157. The highest BCUT2D eigenvalue weighted by Crippen LogP contribution is 2.67. The minimum Gasteiger partial charge on any atom is -0.310 e. The zero-order valence-electron chi connectivity index (χ0n) is 42.9. The van der Waals surface area contributed by atoms with Gasteiger partial charge in [0.25, 0.3) is 0 Å². The third-order valence-corrected chi connectivity index (χ3v) is 17.7. The minimum atomic E-state index is -0.334. The fourth-order valence-electron chi connectivity index (χ4n) is 14.3. The average molecular weight is 961 g/mol. The Morgan fingerprint density at radius 3 is 1.35 bits per heavy atom. The van der Waals surface area contributed by atoms with Crippen LogP contribution in [0.3, 0.4) is 0 Å². The van der Waals surface area contributed by atoms with Gasteiger partial charge in [-0.3, -0.25) is 0 Å². The predicted molar refractivity (Wildman–Crippen MR) is 313 cm³/mol. The monoisotopic (exact) mass is 960 g/mol. The van der Waals surface area contributed by atoms with E-state index >= 15 is 0 Å². The molecule has 0 fully saturated rings. The van der Waals surface area contributed by atoms with Gasteiger partial charge in [0.2, 0.25) is 0 Å². The van der Waals surface area contributed by atoms with Gasteiger partial charge in [-0.05, 0) is 186 Å². The van der Waals surface area contributed by atoms with Crippen LogP contribution in [0.4, 0.5) is 34.1 Å². The van der Waals surface area contributed by atoms with Crippen molar-refractivity contribution in [2.24, 2.45) is 0 Å². The molecule has 10 aromatic carbocycles. The summed E-state index contributed by atoms with van der Waals surface area (Å²) in [5, 5.41) is 0. The van der Waals surface area contributed by atoms with E-state index in [2.05, 4.69) is 280 Å². The molecule has 0 bridgehead atoms. The second-order valence-corrected chi connectivity index (χ2v) is 22.3. The third kappa shape index (κ3) is 6.14. The van der Waals surface area contributed by atoms with Crippen LogP contribution in [0.2, 0.25) is 0 Å². The van der Waals surface area contributed by atoms with E-state index in [0.29, 0.717) is 0 Å². The number of hydrogen-bond donors (Lipinski definition) is 0. The van der Waals surface area contributed by atoms with Crippen molar-refractivity contribution >= 4 is 39.7 Å². The molecule has 0 saturated carbocycles. The lowest BCUT2D eigenvalue weighted by Gasteiger charge is -2.32. The van der Waals surface area contributed by atoms with Gasteiger partial charge >= 0.3 is 0 Å². The van der Waals surface area contributed by atoms with Crippen LogP contribution in [0.1, 0.15) is 85.0 Å². The molecule has 0 N–H and O–H groups in total. The van der Waals surface area contributed by atoms with Crippen LogP contribution >= 0.6 is 0 Å². The van der Waals surface area contributed by atoms with Crippen molar-refractivity contribution < 1.29 is 0 Å². The van der Waals surface area contributed by atoms with Crippen molar-refractivity contribution in [1.82, 2.24) is 0 Å². The first-order chi connectivity index (χ1) is 36.7. The molecular formula is C73H56N2. The van der Waals surface area contributed by atoms with Crippen LogP contribution in [0.15, 0.2) is 248 Å². The van der Waals surface area contributed by atoms with E-state index in [1.165, 1.54) is 100 Å². The van der Waals surface area contributed by atoms with Gasteiger partial charge in [-0.15, -0.1) is 0 Å². The van der Waals surface area contributed by atoms with Gasteiger partial charge in [0, 0.05) is 45.0 Å². The molecule has 2 heteroatoms. The normalized spacial score (nSPS) is 17.1. The van der Waals surface area contributed by atoms with Crippen molar-refractivity contribution in [1.29, 1.82) is 0 Å². The first-order valence-corrected chi connectivity index (χ1v) is 26.8. The molecule has 0 radical (unpaired) electrons. The Morgan fingerprint density at radius 1 is 0.320 bits per heavy atom. The third-order valence-electron chi connectivity index (χ3n) is 17.7. The summed E-state index contributed by atoms with van der Waals surface area (Å²) >= 11 is 0. The van der Waals surface area contributed by atoms with E-state index in [1.54, 1.807) is 0 Å². The number of fused-ring (bicyclic) bond motifs is 16. The number of para-hydroxylation sites is 2. The van der Waals surface area contributed by atoms with Gasteiger partial charge in [-0.2, -0.15) is 0 Å². The average Bonchev–Trinajstić information content (AvgIpc) is 4.29. The van der Waals surface area contributed by atoms with E-state index in [9.17, 15) is 0 Å². The summed E-state index contributed by atoms with van der Waals surface area (Å²) in [7, 11) is 0. The second kappa shape index (κ2) is 16.1. The molecule has 2 nitrogen and oxygen atoms in total. The SMILES string of the molecule is CC1(C)c2cc(N(c3ccccc3)c3ccc(-c4ccccc4)cc3)ccc2-c2ccc(N(c3ccccc3)c3ccc4c(c3)C(C)(C)c3ccc5c(c3-4)-c3ccccc3C53C4=C(CCC=C4)c4ccccc43)cc21. The van der Waals surface area contributed by atoms with Gasteiger partial charge in [-0.25, -0.2) is 0 Å². The molecule has 0 saturated heterocycles. The molecule has 75 heavy (non-hydrogen) atoms. The zero-order valence-corrected chi connectivity index (χ0v) is 42.9. The first-order valence-electron chi connectivity index (χ1n) is 26.8. The maximum atomic E-state index is 2.50. The standard InChI is InChI=1S/C73H56N2/c1-71(2)64-42-43-65-70(59-28-16-19-31-63(59)73(65)61-29-17-14-26-55(61)56-27-15-18-30-62(56)73)69(64)60-41-38-54(46-68(60)71)75(50-24-12-7-13-25-50)53-37-40-58-57-39-36-52(44-66(57)72(3,4)67(58)45-53)74(49-22-10-6-11-23-49)51-34-32-48(33-35-51)47-20-8-5-9-21-47/h5-14,16-26,28-46H,15,27H2,1-4H3. The Balaban J connectivity index is 0.835. The van der Waals surface area contributed by atoms with Crippen molar-refractivity contribution in [2.45, 2.75) is 56.8 Å². The Kier molecular flexibility index (Phi) is 9.43. The molecule has 10 aromatic rings. The van der Waals surface area contributed by atoms with Crippen molar-refractivity contribution in [2.75, 3.05) is 9.80 Å². The highest BCUT2D eigenvalue weighted by atomic mass is 15.1. The molecule has 1 atom stereocenters. The van der Waals surface area contributed by atoms with E-state index in [4.69, 9.17) is 0 Å². The second-order valence-electron chi connectivity index (χ2n) is 22.3. The van der Waals surface area contributed by atoms with Crippen LogP contribution in [-0.2, 0) is 16.2 Å². The molecule has 5 aliphatic rings. The smallest absolute Gasteiger partial charge is 0.0722 e. The number of hydrogen-bond acceptors (Lipinski definition) is 2. The van der Waals surface area contributed by atoms with Crippen LogP contribution in [0, 0.1) is 0 Å². The maximum Gasteiger partial charge on any atom is 0.0722 e. The summed E-state index contributed by atoms with van der Waals surface area (Å²) in [5.41, 5.74) is 30.6. The summed E-state index contributed by atoms with van der Waals surface area (Å²) < 4.78 is 0. The number of nitrogens with zero attached hydrogens (tertiary/aromatic N) is 2. The first kappa shape index (κ1) is 43.8. The number of anilines is 6. The van der Waals surface area contributed by atoms with Crippen molar-refractivity contribution in [3.63, 3.8) is 0 Å². The van der Waals surface area contributed by atoms with Gasteiger partial charge in [0.1, 0.15) is 0 Å². The lowest BCUT2D eigenvalue weighted by Crippen LogP contribution is -2.27. The summed E-state index contributed by atoms with van der Waals surface area (Å²) in [6.07, 6.45) is 7.04. The topological polar surface area (TPSA) is 6.48 Å². The van der Waals surface area contributed by atoms with Crippen LogP contribution in [-0.4, -0.2) is 0 Å². The van der Waals surface area contributed by atoms with Gasteiger partial charge in [0.15, 0.2) is 0 Å². The van der Waals surface area contributed by atoms with Crippen LogP contribution in [0.25, 0.3) is 50.1 Å². The van der Waals surface area contributed by atoms with E-state index in [0.717, 1.165) is 47.0 Å². The van der Waals surface area contributed by atoms with Gasteiger partial charge in [-0.1, -0.05) is 198 Å². The fraction of sp³-hybridized carbons (Fsp3) is 0.123. The molecule has 0 aromatic heterocycles. The Morgan fingerprint density at radius 2 is 0.733 bits per heavy atom. The van der Waals surface area contributed by atoms with Gasteiger partial charge in [0.05, 0.1) is 5.41 Å². The molecular weight excluding hydrogens is 905 g/mol. The Labute approximate surface area is 441 Å². The predicted octanol–water partition coefficient (Wildman–Crippen LogP) is 19.3. The number of rotatable bonds is 7. The molecule has 15 rings (SSSR count). The molecule has 1 unspecified atom stereocenters. The molecule has 0 amide bonds. The van der Waals surface area contributed by atoms with E-state index in [-0.39, 0.29) is 16.2 Å². The molecule has 1 spiro atoms. The summed E-state index contributed by atoms with van der Waals surface area (Å²) in [6.45, 7) is 9.69. The Hall–Kier alpha value is -8.72. The summed E-state index contributed by atoms with van der Waals surface area (Å²) in [5.74, 6) is 0. The number of allylic oxidation sites excluding steroid dienone is 4. The fourth-order valence-corrected chi connectivity index (χ4v) is 14.3. The van der Waals surface area contributed by atoms with Crippen LogP contribution in [0.5, 0.6) is 0 Å². The van der Waals surface area contributed by atoms with Crippen molar-refractivity contribution in [3.8, 4) is 44.5 Å². The minimum absolute atomic E-state index is 0.234. The maximum absolute atomic E-state index is 2.50. The molecule has 358 valence electrons. The lowest BCUT2D eigenvalue weighted by molar-refractivity contribution is 0.659. The molecule has 0 heterocycles. The lowest BCUT2D eigenvalue weighted by atomic mass is 9.68. The van der Waals surface area contributed by atoms with Crippen molar-refractivity contribution in [3.05, 3.63) is 293 Å². The highest BCUT2D eigenvalue weighted by Gasteiger charge is 2.54. The zero-order chi connectivity index (χ0) is 50.2. The molecule has 0 aliphatic heterocycles. The van der Waals surface area contributed by atoms with E-state index in [1.807, 2.05) is 0 Å². The van der Waals surface area contributed by atoms with E-state index < -0.39 is 0 Å². The number of benzene rings is 10. The summed E-state index contributed by atoms with van der Waals surface area (Å²) in [6, 6.07) is 86.5. The van der Waals surface area contributed by atoms with Crippen LogP contribution < -0.4 is 9.80 Å². The summed E-state index contributed by atoms with van der Waals surface area (Å²) in [4.78, 5) is 4.87. The highest BCUT2D eigenvalue weighted by molar-refractivity contribution is 6.04. The molecule has 5 aliphatic carbocycles. The van der Waals surface area contributed by atoms with Gasteiger partial charge < -0.3 is 9.80 Å². The largest absolute Gasteiger partial charge is 0.310 e.